The van der Waals surface area contributed by atoms with Gasteiger partial charge in [-0.1, -0.05) is 49.2 Å². The highest BCUT2D eigenvalue weighted by Crippen LogP contribution is 2.40. The number of fused-ring (bicyclic) bond motifs is 2. The fourth-order valence-electron chi connectivity index (χ4n) is 3.08. The van der Waals surface area contributed by atoms with Gasteiger partial charge in [0.15, 0.2) is 11.6 Å². The minimum Gasteiger partial charge on any atom is -0.397 e. The molecule has 1 aliphatic carbocycles. The lowest BCUT2D eigenvalue weighted by Crippen LogP contribution is -2.28. The number of hydrogen-bond acceptors (Lipinski definition) is 4. The molecule has 0 radical (unpaired) electrons. The fourth-order valence-corrected chi connectivity index (χ4v) is 3.28. The summed E-state index contributed by atoms with van der Waals surface area (Å²) in [6.45, 7) is 2.87. The normalized spacial score (nSPS) is 12.8. The van der Waals surface area contributed by atoms with Crippen LogP contribution in [0, 0.1) is 0 Å². The first-order chi connectivity index (χ1) is 11.5. The molecule has 0 spiro atoms. The first-order valence-electron chi connectivity index (χ1n) is 7.98. The molecule has 4 nitrogen and oxygen atoms in total. The summed E-state index contributed by atoms with van der Waals surface area (Å²) in [5.41, 5.74) is 8.28. The van der Waals surface area contributed by atoms with Crippen molar-refractivity contribution in [3.8, 4) is 0 Å². The van der Waals surface area contributed by atoms with Crippen LogP contribution in [0.25, 0.3) is 0 Å². The number of benzene rings is 2. The van der Waals surface area contributed by atoms with E-state index in [1.54, 1.807) is 30.3 Å². The van der Waals surface area contributed by atoms with Gasteiger partial charge in [-0.05, 0) is 12.5 Å². The monoisotopic (exact) mass is 342 g/mol. The van der Waals surface area contributed by atoms with Crippen molar-refractivity contribution >= 4 is 34.5 Å². The highest BCUT2D eigenvalue weighted by atomic mass is 35.5. The predicted molar refractivity (Wildman–Crippen MR) is 97.3 cm³/mol. The average molecular weight is 343 g/mol. The molecule has 0 aliphatic heterocycles. The van der Waals surface area contributed by atoms with Crippen molar-refractivity contribution in [2.45, 2.75) is 19.8 Å². The maximum Gasteiger partial charge on any atom is 0.196 e. The van der Waals surface area contributed by atoms with Crippen molar-refractivity contribution in [1.82, 2.24) is 0 Å². The highest BCUT2D eigenvalue weighted by molar-refractivity contribution is 6.38. The highest BCUT2D eigenvalue weighted by Gasteiger charge is 2.35. The Balaban J connectivity index is 2.25. The van der Waals surface area contributed by atoms with E-state index in [9.17, 15) is 9.59 Å². The molecule has 0 fully saturated rings. The van der Waals surface area contributed by atoms with Gasteiger partial charge in [0.2, 0.25) is 0 Å². The molecule has 0 aromatic heterocycles. The summed E-state index contributed by atoms with van der Waals surface area (Å²) in [6.07, 6.45) is 2.01. The zero-order valence-electron chi connectivity index (χ0n) is 13.7. The summed E-state index contributed by atoms with van der Waals surface area (Å²) in [5, 5.41) is 0.299. The predicted octanol–water partition coefficient (Wildman–Crippen LogP) is 3.93. The number of carbonyl (C=O) groups excluding carboxylic acids is 2. The Bertz CT molecular complexity index is 846. The molecule has 0 saturated carbocycles. The molecule has 5 heteroatoms. The van der Waals surface area contributed by atoms with E-state index in [0.29, 0.717) is 27.4 Å². The van der Waals surface area contributed by atoms with E-state index in [0.717, 1.165) is 19.4 Å². The first kappa shape index (κ1) is 16.5. The summed E-state index contributed by atoms with van der Waals surface area (Å²) in [7, 11) is 1.90. The van der Waals surface area contributed by atoms with E-state index in [1.165, 1.54) is 0 Å². The van der Waals surface area contributed by atoms with Gasteiger partial charge in [-0.2, -0.15) is 0 Å². The Hall–Kier alpha value is -2.33. The fraction of sp³-hybridized carbons (Fsp3) is 0.263. The van der Waals surface area contributed by atoms with Crippen LogP contribution < -0.4 is 10.6 Å². The molecule has 0 saturated heterocycles. The number of carbonyl (C=O) groups is 2. The smallest absolute Gasteiger partial charge is 0.196 e. The minimum absolute atomic E-state index is 0.173. The van der Waals surface area contributed by atoms with Gasteiger partial charge in [0.25, 0.3) is 0 Å². The Labute approximate surface area is 146 Å². The molecule has 2 N–H and O–H groups in total. The van der Waals surface area contributed by atoms with Gasteiger partial charge >= 0.3 is 0 Å². The number of hydrogen-bond donors (Lipinski definition) is 1. The van der Waals surface area contributed by atoms with Gasteiger partial charge in [-0.15, -0.1) is 0 Å². The second kappa shape index (κ2) is 6.29. The Kier molecular flexibility index (Phi) is 4.33. The standard InChI is InChI=1S/C19H19ClN2O2/c1-3-4-9-22(2)14-10-13(20)17(21)16-15(14)18(23)11-7-5-6-8-12(11)19(16)24/h5-8,10H,3-4,9,21H2,1-2H3. The molecule has 2 aromatic rings. The van der Waals surface area contributed by atoms with Gasteiger partial charge in [-0.25, -0.2) is 0 Å². The maximum absolute atomic E-state index is 13.0. The molecular weight excluding hydrogens is 324 g/mol. The first-order valence-corrected chi connectivity index (χ1v) is 8.36. The summed E-state index contributed by atoms with van der Waals surface area (Å²) < 4.78 is 0. The Morgan fingerprint density at radius 2 is 1.67 bits per heavy atom. The number of rotatable bonds is 4. The number of ketones is 2. The molecule has 0 unspecified atom stereocenters. The molecule has 124 valence electrons. The van der Waals surface area contributed by atoms with Crippen LogP contribution in [0.2, 0.25) is 5.02 Å². The van der Waals surface area contributed by atoms with Crippen LogP contribution in [0.1, 0.15) is 51.6 Å². The topological polar surface area (TPSA) is 63.4 Å². The number of nitrogen functional groups attached to an aromatic ring is 1. The van der Waals surface area contributed by atoms with Crippen LogP contribution in [-0.2, 0) is 0 Å². The molecule has 3 rings (SSSR count). The van der Waals surface area contributed by atoms with E-state index in [2.05, 4.69) is 6.92 Å². The zero-order chi connectivity index (χ0) is 17.4. The third-order valence-corrected chi connectivity index (χ3v) is 4.74. The van der Waals surface area contributed by atoms with Gasteiger partial charge in [0.05, 0.1) is 27.5 Å². The lowest BCUT2D eigenvalue weighted by molar-refractivity contribution is 0.0980. The van der Waals surface area contributed by atoms with E-state index >= 15 is 0 Å². The minimum atomic E-state index is -0.245. The van der Waals surface area contributed by atoms with E-state index in [-0.39, 0.29) is 22.8 Å². The Morgan fingerprint density at radius 3 is 2.25 bits per heavy atom. The third kappa shape index (κ3) is 2.47. The van der Waals surface area contributed by atoms with Gasteiger partial charge < -0.3 is 10.6 Å². The van der Waals surface area contributed by atoms with E-state index in [4.69, 9.17) is 17.3 Å². The molecule has 0 bridgehead atoms. The van der Waals surface area contributed by atoms with Crippen LogP contribution in [0.15, 0.2) is 30.3 Å². The van der Waals surface area contributed by atoms with Crippen LogP contribution in [0.3, 0.4) is 0 Å². The van der Waals surface area contributed by atoms with E-state index in [1.807, 2.05) is 11.9 Å². The van der Waals surface area contributed by atoms with E-state index < -0.39 is 0 Å². The van der Waals surface area contributed by atoms with Crippen molar-refractivity contribution in [2.24, 2.45) is 0 Å². The quantitative estimate of drug-likeness (QED) is 0.729. The van der Waals surface area contributed by atoms with Crippen LogP contribution >= 0.6 is 11.6 Å². The summed E-state index contributed by atoms with van der Waals surface area (Å²) >= 11 is 6.25. The second-order valence-electron chi connectivity index (χ2n) is 6.02. The number of halogens is 1. The lowest BCUT2D eigenvalue weighted by atomic mass is 9.82. The second-order valence-corrected chi connectivity index (χ2v) is 6.43. The number of nitrogens with zero attached hydrogens (tertiary/aromatic N) is 1. The van der Waals surface area contributed by atoms with Gasteiger partial charge in [-0.3, -0.25) is 9.59 Å². The van der Waals surface area contributed by atoms with Crippen LogP contribution in [-0.4, -0.2) is 25.2 Å². The SMILES string of the molecule is CCCCN(C)c1cc(Cl)c(N)c2c1C(=O)c1ccccc1C2=O. The van der Waals surface area contributed by atoms with Crippen molar-refractivity contribution in [2.75, 3.05) is 24.2 Å². The third-order valence-electron chi connectivity index (χ3n) is 4.42. The molecule has 24 heavy (non-hydrogen) atoms. The van der Waals surface area contributed by atoms with Crippen molar-refractivity contribution in [3.05, 3.63) is 57.6 Å². The zero-order valence-corrected chi connectivity index (χ0v) is 14.5. The summed E-state index contributed by atoms with van der Waals surface area (Å²) in [5.74, 6) is -0.424. The summed E-state index contributed by atoms with van der Waals surface area (Å²) in [6, 6.07) is 8.52. The number of anilines is 2. The maximum atomic E-state index is 13.0. The molecule has 2 aromatic carbocycles. The molecule has 0 amide bonds. The van der Waals surface area contributed by atoms with Gasteiger partial charge in [0.1, 0.15) is 0 Å². The Morgan fingerprint density at radius 1 is 1.08 bits per heavy atom. The van der Waals surface area contributed by atoms with Crippen molar-refractivity contribution in [3.63, 3.8) is 0 Å². The average Bonchev–Trinajstić information content (AvgIpc) is 2.59. The summed E-state index contributed by atoms with van der Waals surface area (Å²) in [4.78, 5) is 27.9. The molecule has 0 heterocycles. The lowest BCUT2D eigenvalue weighted by Gasteiger charge is -2.27. The van der Waals surface area contributed by atoms with Gasteiger partial charge in [0, 0.05) is 24.7 Å². The van der Waals surface area contributed by atoms with Crippen molar-refractivity contribution < 1.29 is 9.59 Å². The number of nitrogens with two attached hydrogens (primary N) is 1. The largest absolute Gasteiger partial charge is 0.397 e. The van der Waals surface area contributed by atoms with Crippen LogP contribution in [0.4, 0.5) is 11.4 Å². The molecular formula is C19H19ClN2O2. The number of unbranched alkanes of at least 4 members (excludes halogenated alkanes) is 1. The molecule has 0 atom stereocenters. The van der Waals surface area contributed by atoms with Crippen molar-refractivity contribution in [1.29, 1.82) is 0 Å². The molecule has 1 aliphatic rings. The van der Waals surface area contributed by atoms with Crippen LogP contribution in [0.5, 0.6) is 0 Å².